The van der Waals surface area contributed by atoms with Crippen LogP contribution in [0.3, 0.4) is 0 Å². The molecule has 1 aromatic heterocycles. The first kappa shape index (κ1) is 14.1. The number of hydrogen-bond donors (Lipinski definition) is 0. The number of nitrogens with zero attached hydrogens (tertiary/aromatic N) is 4. The highest BCUT2D eigenvalue weighted by molar-refractivity contribution is 6.30. The van der Waals surface area contributed by atoms with Crippen LogP contribution in [0.5, 0.6) is 0 Å². The third-order valence-electron chi connectivity index (χ3n) is 4.63. The Morgan fingerprint density at radius 3 is 2.55 bits per heavy atom. The predicted octanol–water partition coefficient (Wildman–Crippen LogP) is 2.75. The molecule has 1 aromatic rings. The molecule has 0 spiro atoms. The molecule has 2 aliphatic rings. The number of rotatable bonds is 3. The summed E-state index contributed by atoms with van der Waals surface area (Å²) in [5.74, 6) is 1.87. The number of hydrogen-bond acceptors (Lipinski definition) is 4. The average molecular weight is 295 g/mol. The molecule has 20 heavy (non-hydrogen) atoms. The first-order chi connectivity index (χ1) is 9.74. The van der Waals surface area contributed by atoms with Crippen molar-refractivity contribution in [1.29, 1.82) is 0 Å². The van der Waals surface area contributed by atoms with E-state index in [1.165, 1.54) is 45.3 Å². The van der Waals surface area contributed by atoms with Gasteiger partial charge in [-0.25, -0.2) is 9.97 Å². The van der Waals surface area contributed by atoms with E-state index in [-0.39, 0.29) is 0 Å². The minimum atomic E-state index is 0.578. The molecule has 2 saturated heterocycles. The Morgan fingerprint density at radius 2 is 1.85 bits per heavy atom. The predicted molar refractivity (Wildman–Crippen MR) is 82.4 cm³/mol. The molecule has 0 atom stereocenters. The number of halogens is 1. The van der Waals surface area contributed by atoms with Crippen LogP contribution in [0, 0.1) is 12.8 Å². The topological polar surface area (TPSA) is 32.3 Å². The maximum absolute atomic E-state index is 6.09. The maximum atomic E-state index is 6.09. The summed E-state index contributed by atoms with van der Waals surface area (Å²) in [6.07, 6.45) is 6.87. The minimum Gasteiger partial charge on any atom is -0.356 e. The number of anilines is 1. The van der Waals surface area contributed by atoms with Crippen molar-refractivity contribution in [3.63, 3.8) is 0 Å². The van der Waals surface area contributed by atoms with E-state index in [4.69, 9.17) is 11.6 Å². The molecule has 110 valence electrons. The van der Waals surface area contributed by atoms with Gasteiger partial charge in [-0.2, -0.15) is 0 Å². The molecule has 0 unspecified atom stereocenters. The zero-order valence-electron chi connectivity index (χ0n) is 12.2. The summed E-state index contributed by atoms with van der Waals surface area (Å²) in [6, 6.07) is 0. The fourth-order valence-electron chi connectivity index (χ4n) is 3.40. The number of piperidine rings is 1. The second kappa shape index (κ2) is 6.27. The van der Waals surface area contributed by atoms with E-state index in [1.54, 1.807) is 6.33 Å². The first-order valence-electron chi connectivity index (χ1n) is 7.68. The fraction of sp³-hybridized carbons (Fsp3) is 0.733. The molecular weight excluding hydrogens is 272 g/mol. The Hall–Kier alpha value is -0.870. The fourth-order valence-corrected chi connectivity index (χ4v) is 3.52. The molecule has 0 radical (unpaired) electrons. The van der Waals surface area contributed by atoms with Crippen LogP contribution in [-0.4, -0.2) is 47.6 Å². The Morgan fingerprint density at radius 1 is 1.15 bits per heavy atom. The van der Waals surface area contributed by atoms with Gasteiger partial charge in [0.2, 0.25) is 0 Å². The number of aromatic nitrogens is 2. The van der Waals surface area contributed by atoms with Crippen LogP contribution >= 0.6 is 11.6 Å². The molecule has 5 heteroatoms. The summed E-state index contributed by atoms with van der Waals surface area (Å²) in [5.41, 5.74) is 1.01. The second-order valence-corrected chi connectivity index (χ2v) is 6.41. The number of likely N-dealkylation sites (tertiary alicyclic amines) is 1. The Bertz CT molecular complexity index is 451. The van der Waals surface area contributed by atoms with Gasteiger partial charge in [0.1, 0.15) is 17.3 Å². The lowest BCUT2D eigenvalue weighted by Gasteiger charge is -2.35. The van der Waals surface area contributed by atoms with E-state index < -0.39 is 0 Å². The van der Waals surface area contributed by atoms with Crippen molar-refractivity contribution in [3.05, 3.63) is 17.0 Å². The maximum Gasteiger partial charge on any atom is 0.137 e. The third kappa shape index (κ3) is 3.07. The standard InChI is InChI=1S/C15H23ClN4/c1-12-14(16)17-11-18-15(12)20-8-4-13(5-9-20)10-19-6-2-3-7-19/h11,13H,2-10H2,1H3. The minimum absolute atomic E-state index is 0.578. The van der Waals surface area contributed by atoms with Crippen molar-refractivity contribution in [3.8, 4) is 0 Å². The third-order valence-corrected chi connectivity index (χ3v) is 5.01. The van der Waals surface area contributed by atoms with Gasteiger partial charge in [-0.15, -0.1) is 0 Å². The smallest absolute Gasteiger partial charge is 0.137 e. The molecule has 2 fully saturated rings. The quantitative estimate of drug-likeness (QED) is 0.803. The molecule has 0 N–H and O–H groups in total. The van der Waals surface area contributed by atoms with Gasteiger partial charge in [-0.1, -0.05) is 11.6 Å². The average Bonchev–Trinajstić information content (AvgIpc) is 2.96. The second-order valence-electron chi connectivity index (χ2n) is 6.05. The summed E-state index contributed by atoms with van der Waals surface area (Å²) in [5, 5.41) is 0.578. The molecule has 3 rings (SSSR count). The summed E-state index contributed by atoms with van der Waals surface area (Å²) in [7, 11) is 0. The van der Waals surface area contributed by atoms with Gasteiger partial charge in [-0.05, 0) is 51.6 Å². The van der Waals surface area contributed by atoms with Crippen molar-refractivity contribution in [2.75, 3.05) is 37.6 Å². The summed E-state index contributed by atoms with van der Waals surface area (Å²) in [4.78, 5) is 13.4. The molecule has 3 heterocycles. The largest absolute Gasteiger partial charge is 0.356 e. The molecule has 0 saturated carbocycles. The molecular formula is C15H23ClN4. The lowest BCUT2D eigenvalue weighted by molar-refractivity contribution is 0.249. The van der Waals surface area contributed by atoms with Crippen LogP contribution in [-0.2, 0) is 0 Å². The van der Waals surface area contributed by atoms with Gasteiger partial charge in [-0.3, -0.25) is 0 Å². The SMILES string of the molecule is Cc1c(Cl)ncnc1N1CCC(CN2CCCC2)CC1. The zero-order valence-corrected chi connectivity index (χ0v) is 12.9. The summed E-state index contributed by atoms with van der Waals surface area (Å²) < 4.78 is 0. The van der Waals surface area contributed by atoms with Crippen molar-refractivity contribution in [1.82, 2.24) is 14.9 Å². The summed E-state index contributed by atoms with van der Waals surface area (Å²) in [6.45, 7) is 8.09. The van der Waals surface area contributed by atoms with Crippen LogP contribution in [0.1, 0.15) is 31.2 Å². The van der Waals surface area contributed by atoms with E-state index in [0.717, 1.165) is 30.4 Å². The van der Waals surface area contributed by atoms with Crippen molar-refractivity contribution in [2.45, 2.75) is 32.6 Å². The molecule has 0 aromatic carbocycles. The molecule has 2 aliphatic heterocycles. The van der Waals surface area contributed by atoms with Gasteiger partial charge < -0.3 is 9.80 Å². The Kier molecular flexibility index (Phi) is 4.41. The molecule has 4 nitrogen and oxygen atoms in total. The highest BCUT2D eigenvalue weighted by atomic mass is 35.5. The van der Waals surface area contributed by atoms with Crippen molar-refractivity contribution >= 4 is 17.4 Å². The van der Waals surface area contributed by atoms with Gasteiger partial charge in [0, 0.05) is 25.2 Å². The van der Waals surface area contributed by atoms with E-state index in [9.17, 15) is 0 Å². The molecule has 0 aliphatic carbocycles. The van der Waals surface area contributed by atoms with Crippen molar-refractivity contribution < 1.29 is 0 Å². The van der Waals surface area contributed by atoms with E-state index in [0.29, 0.717) is 5.15 Å². The molecule has 0 amide bonds. The highest BCUT2D eigenvalue weighted by Gasteiger charge is 2.24. The first-order valence-corrected chi connectivity index (χ1v) is 8.06. The monoisotopic (exact) mass is 294 g/mol. The van der Waals surface area contributed by atoms with Crippen LogP contribution in [0.4, 0.5) is 5.82 Å². The van der Waals surface area contributed by atoms with Crippen molar-refractivity contribution in [2.24, 2.45) is 5.92 Å². The van der Waals surface area contributed by atoms with E-state index in [2.05, 4.69) is 19.8 Å². The summed E-state index contributed by atoms with van der Waals surface area (Å²) >= 11 is 6.09. The van der Waals surface area contributed by atoms with Gasteiger partial charge in [0.05, 0.1) is 0 Å². The van der Waals surface area contributed by atoms with Crippen LogP contribution < -0.4 is 4.90 Å². The Labute approximate surface area is 126 Å². The van der Waals surface area contributed by atoms with Gasteiger partial charge in [0.25, 0.3) is 0 Å². The van der Waals surface area contributed by atoms with E-state index in [1.807, 2.05) is 6.92 Å². The van der Waals surface area contributed by atoms with Crippen LogP contribution in [0.2, 0.25) is 5.15 Å². The Balaban J connectivity index is 1.56. The lowest BCUT2D eigenvalue weighted by atomic mass is 9.96. The zero-order chi connectivity index (χ0) is 13.9. The molecule has 0 bridgehead atoms. The normalized spacial score (nSPS) is 21.6. The van der Waals surface area contributed by atoms with E-state index >= 15 is 0 Å². The van der Waals surface area contributed by atoms with Crippen LogP contribution in [0.15, 0.2) is 6.33 Å². The van der Waals surface area contributed by atoms with Gasteiger partial charge >= 0.3 is 0 Å². The van der Waals surface area contributed by atoms with Gasteiger partial charge in [0.15, 0.2) is 0 Å². The van der Waals surface area contributed by atoms with Crippen LogP contribution in [0.25, 0.3) is 0 Å². The highest BCUT2D eigenvalue weighted by Crippen LogP contribution is 2.27. The lowest BCUT2D eigenvalue weighted by Crippen LogP contribution is -2.38.